The molecule has 5 aliphatic rings. The Labute approximate surface area is 199 Å². The number of ether oxygens (including phenoxy) is 2. The van der Waals surface area contributed by atoms with Gasteiger partial charge in [-0.25, -0.2) is 0 Å². The van der Waals surface area contributed by atoms with Crippen LogP contribution in [-0.4, -0.2) is 55.6 Å². The Kier molecular flexibility index (Phi) is 6.50. The number of fused-ring (bicyclic) bond motifs is 5. The highest BCUT2D eigenvalue weighted by Gasteiger charge is 2.59. The Bertz CT molecular complexity index is 802. The van der Waals surface area contributed by atoms with Crippen LogP contribution >= 0.6 is 0 Å². The Hall–Kier alpha value is -1.20. The van der Waals surface area contributed by atoms with Crippen molar-refractivity contribution in [2.75, 3.05) is 32.8 Å². The molecule has 33 heavy (non-hydrogen) atoms. The Morgan fingerprint density at radius 1 is 1.09 bits per heavy atom. The number of morpholine rings is 1. The zero-order valence-corrected chi connectivity index (χ0v) is 20.9. The number of hydrogen-bond donors (Lipinski definition) is 0. The lowest BCUT2D eigenvalue weighted by Crippen LogP contribution is -2.54. The molecule has 7 atom stereocenters. The summed E-state index contributed by atoms with van der Waals surface area (Å²) >= 11 is 0. The largest absolute Gasteiger partial charge is 0.462 e. The van der Waals surface area contributed by atoms with Gasteiger partial charge in [-0.3, -0.25) is 14.5 Å². The van der Waals surface area contributed by atoms with Crippen LogP contribution in [0.1, 0.15) is 78.6 Å². The molecule has 0 N–H and O–H groups in total. The van der Waals surface area contributed by atoms with Crippen LogP contribution in [-0.2, 0) is 19.1 Å². The monoisotopic (exact) mass is 457 g/mol. The number of carbonyl (C=O) groups excluding carboxylic acids is 2. The van der Waals surface area contributed by atoms with Gasteiger partial charge in [-0.2, -0.15) is 0 Å². The van der Waals surface area contributed by atoms with Crippen molar-refractivity contribution in [1.82, 2.24) is 4.90 Å². The van der Waals surface area contributed by atoms with Gasteiger partial charge >= 0.3 is 5.97 Å². The van der Waals surface area contributed by atoms with E-state index in [2.05, 4.69) is 24.8 Å². The average Bonchev–Trinajstić information content (AvgIpc) is 3.16. The highest BCUT2D eigenvalue weighted by Crippen LogP contribution is 2.66. The molecule has 5 heteroatoms. The van der Waals surface area contributed by atoms with Gasteiger partial charge in [0.15, 0.2) is 5.78 Å². The molecular weight excluding hydrogens is 414 g/mol. The van der Waals surface area contributed by atoms with E-state index in [-0.39, 0.29) is 23.3 Å². The SMILES string of the molecule is CC(=O)C1=CC[C@H]2[C@@H]3CC[C@H]4C[C@H](OC(=O)CCN5CCOCC5)CC[C@]4(C)[C@H]3CC[C@]12C. The van der Waals surface area contributed by atoms with Gasteiger partial charge in [0.25, 0.3) is 0 Å². The number of nitrogens with zero attached hydrogens (tertiary/aromatic N) is 1. The van der Waals surface area contributed by atoms with E-state index in [1.807, 2.05) is 0 Å². The maximum Gasteiger partial charge on any atom is 0.307 e. The van der Waals surface area contributed by atoms with Crippen molar-refractivity contribution < 1.29 is 19.1 Å². The van der Waals surface area contributed by atoms with Gasteiger partial charge in [0, 0.05) is 19.6 Å². The maximum absolute atomic E-state index is 12.6. The van der Waals surface area contributed by atoms with Gasteiger partial charge in [0.1, 0.15) is 6.10 Å². The molecule has 0 amide bonds. The molecule has 0 unspecified atom stereocenters. The second-order valence-electron chi connectivity index (χ2n) is 12.1. The lowest BCUT2D eigenvalue weighted by molar-refractivity contribution is -0.161. The predicted octanol–water partition coefficient (Wildman–Crippen LogP) is 4.79. The van der Waals surface area contributed by atoms with E-state index >= 15 is 0 Å². The molecule has 1 saturated heterocycles. The first-order valence-electron chi connectivity index (χ1n) is 13.5. The smallest absolute Gasteiger partial charge is 0.307 e. The third kappa shape index (κ3) is 4.22. The molecule has 5 rings (SSSR count). The predicted molar refractivity (Wildman–Crippen MR) is 128 cm³/mol. The summed E-state index contributed by atoms with van der Waals surface area (Å²) in [6.45, 7) is 10.8. The summed E-state index contributed by atoms with van der Waals surface area (Å²) in [6.07, 6.45) is 12.1. The first kappa shape index (κ1) is 23.5. The van der Waals surface area contributed by atoms with Crippen LogP contribution in [0.15, 0.2) is 11.6 Å². The van der Waals surface area contributed by atoms with Crippen LogP contribution in [0.2, 0.25) is 0 Å². The van der Waals surface area contributed by atoms with E-state index in [1.165, 1.54) is 25.7 Å². The van der Waals surface area contributed by atoms with Crippen LogP contribution in [0.25, 0.3) is 0 Å². The highest BCUT2D eigenvalue weighted by atomic mass is 16.5. The molecule has 5 nitrogen and oxygen atoms in total. The zero-order chi connectivity index (χ0) is 23.2. The molecule has 0 radical (unpaired) electrons. The van der Waals surface area contributed by atoms with Crippen molar-refractivity contribution in [3.63, 3.8) is 0 Å². The number of allylic oxidation sites excluding steroid dienone is 2. The first-order chi connectivity index (χ1) is 15.8. The number of Topliss-reactive ketones (excluding diaryl/α,β-unsaturated/α-hetero) is 1. The number of rotatable bonds is 5. The summed E-state index contributed by atoms with van der Waals surface area (Å²) in [4.78, 5) is 27.2. The minimum absolute atomic E-state index is 0.0222. The van der Waals surface area contributed by atoms with E-state index < -0.39 is 0 Å². The molecule has 184 valence electrons. The molecule has 0 spiro atoms. The van der Waals surface area contributed by atoms with Gasteiger partial charge in [0.05, 0.1) is 19.6 Å². The lowest BCUT2D eigenvalue weighted by atomic mass is 9.44. The second kappa shape index (κ2) is 9.11. The third-order valence-corrected chi connectivity index (χ3v) is 10.6. The second-order valence-corrected chi connectivity index (χ2v) is 12.1. The molecule has 1 aliphatic heterocycles. The minimum Gasteiger partial charge on any atom is -0.462 e. The summed E-state index contributed by atoms with van der Waals surface area (Å²) in [5.74, 6) is 3.07. The fourth-order valence-electron chi connectivity index (χ4n) is 8.76. The van der Waals surface area contributed by atoms with E-state index in [4.69, 9.17) is 9.47 Å². The van der Waals surface area contributed by atoms with Crippen molar-refractivity contribution >= 4 is 11.8 Å². The molecule has 4 fully saturated rings. The fourth-order valence-corrected chi connectivity index (χ4v) is 8.76. The lowest BCUT2D eigenvalue weighted by Gasteiger charge is -2.60. The van der Waals surface area contributed by atoms with E-state index in [0.717, 1.165) is 75.9 Å². The highest BCUT2D eigenvalue weighted by molar-refractivity contribution is 5.95. The van der Waals surface area contributed by atoms with Crippen molar-refractivity contribution in [2.24, 2.45) is 34.5 Å². The van der Waals surface area contributed by atoms with Crippen LogP contribution in [0.5, 0.6) is 0 Å². The Balaban J connectivity index is 1.18. The van der Waals surface area contributed by atoms with Gasteiger partial charge in [-0.1, -0.05) is 19.9 Å². The Morgan fingerprint density at radius 3 is 2.64 bits per heavy atom. The first-order valence-corrected chi connectivity index (χ1v) is 13.5. The summed E-state index contributed by atoms with van der Waals surface area (Å²) < 4.78 is 11.4. The molecular formula is C28H43NO4. The fraction of sp³-hybridized carbons (Fsp3) is 0.857. The topological polar surface area (TPSA) is 55.8 Å². The summed E-state index contributed by atoms with van der Waals surface area (Å²) in [7, 11) is 0. The van der Waals surface area contributed by atoms with Gasteiger partial charge in [-0.15, -0.1) is 0 Å². The molecule has 0 aromatic rings. The summed E-state index contributed by atoms with van der Waals surface area (Å²) in [5, 5.41) is 0. The zero-order valence-electron chi connectivity index (χ0n) is 20.9. The molecule has 0 aromatic heterocycles. The third-order valence-electron chi connectivity index (χ3n) is 10.6. The van der Waals surface area contributed by atoms with Gasteiger partial charge in [-0.05, 0) is 98.4 Å². The van der Waals surface area contributed by atoms with Crippen LogP contribution in [0.3, 0.4) is 0 Å². The molecule has 3 saturated carbocycles. The quantitative estimate of drug-likeness (QED) is 0.556. The molecule has 0 bridgehead atoms. The average molecular weight is 458 g/mol. The minimum atomic E-state index is -0.0222. The number of ketones is 1. The van der Waals surface area contributed by atoms with Crippen molar-refractivity contribution in [1.29, 1.82) is 0 Å². The number of carbonyl (C=O) groups is 2. The number of hydrogen-bond acceptors (Lipinski definition) is 5. The van der Waals surface area contributed by atoms with E-state index in [1.54, 1.807) is 6.92 Å². The van der Waals surface area contributed by atoms with Crippen molar-refractivity contribution in [3.8, 4) is 0 Å². The maximum atomic E-state index is 12.6. The van der Waals surface area contributed by atoms with Crippen LogP contribution in [0.4, 0.5) is 0 Å². The Morgan fingerprint density at radius 2 is 1.88 bits per heavy atom. The van der Waals surface area contributed by atoms with Gasteiger partial charge in [0.2, 0.25) is 0 Å². The molecule has 4 aliphatic carbocycles. The van der Waals surface area contributed by atoms with Gasteiger partial charge < -0.3 is 9.47 Å². The normalized spacial score (nSPS) is 43.1. The molecule has 0 aromatic carbocycles. The van der Waals surface area contributed by atoms with E-state index in [0.29, 0.717) is 23.7 Å². The van der Waals surface area contributed by atoms with Crippen LogP contribution in [0, 0.1) is 34.5 Å². The summed E-state index contributed by atoms with van der Waals surface area (Å²) in [6, 6.07) is 0. The van der Waals surface area contributed by atoms with Crippen molar-refractivity contribution in [3.05, 3.63) is 11.6 Å². The van der Waals surface area contributed by atoms with E-state index in [9.17, 15) is 9.59 Å². The molecule has 1 heterocycles. The standard InChI is InChI=1S/C28H43NO4/c1-19(30)23-6-7-24-22-5-4-20-18-21(33-26(31)10-13-29-14-16-32-17-15-29)8-11-27(20,2)25(22)9-12-28(23,24)3/h6,20-22,24-25H,4-5,7-18H2,1-3H3/t20-,21+,22-,24-,25-,27-,28+/m0/s1. The number of esters is 1. The van der Waals surface area contributed by atoms with Crippen LogP contribution < -0.4 is 0 Å². The van der Waals surface area contributed by atoms with Crippen molar-refractivity contribution in [2.45, 2.75) is 84.7 Å². The summed E-state index contributed by atoms with van der Waals surface area (Å²) in [5.41, 5.74) is 1.58.